The van der Waals surface area contributed by atoms with Crippen LogP contribution in [0, 0.1) is 0 Å². The predicted octanol–water partition coefficient (Wildman–Crippen LogP) is 1.74. The van der Waals surface area contributed by atoms with E-state index < -0.39 is 9.84 Å². The average Bonchev–Trinajstić information content (AvgIpc) is 3.26. The summed E-state index contributed by atoms with van der Waals surface area (Å²) in [5, 5.41) is 10.9. The first kappa shape index (κ1) is 22.5. The summed E-state index contributed by atoms with van der Waals surface area (Å²) >= 11 is 0. The van der Waals surface area contributed by atoms with Gasteiger partial charge in [-0.15, -0.1) is 24.0 Å². The Morgan fingerprint density at radius 3 is 2.68 bits per heavy atom. The zero-order valence-corrected chi connectivity index (χ0v) is 19.1. The minimum atomic E-state index is -2.93. The topological polar surface area (TPSA) is 97.6 Å². The van der Waals surface area contributed by atoms with Crippen LogP contribution in [0.3, 0.4) is 0 Å². The van der Waals surface area contributed by atoms with Gasteiger partial charge in [-0.1, -0.05) is 0 Å². The second-order valence-electron chi connectivity index (χ2n) is 6.39. The van der Waals surface area contributed by atoms with Gasteiger partial charge in [0.25, 0.3) is 0 Å². The van der Waals surface area contributed by atoms with Gasteiger partial charge in [-0.05, 0) is 43.7 Å². The van der Waals surface area contributed by atoms with E-state index in [-0.39, 0.29) is 41.5 Å². The number of aliphatic imine (C=N–C) groups is 1. The van der Waals surface area contributed by atoms with Crippen molar-refractivity contribution in [1.29, 1.82) is 0 Å². The normalized spacial score (nSPS) is 18.4. The summed E-state index contributed by atoms with van der Waals surface area (Å²) in [5.41, 5.74) is 1.76. The van der Waals surface area contributed by atoms with Crippen LogP contribution in [0.5, 0.6) is 5.75 Å². The molecule has 1 unspecified atom stereocenters. The van der Waals surface area contributed by atoms with Gasteiger partial charge in [0.1, 0.15) is 5.75 Å². The maximum absolute atomic E-state index is 11.6. The minimum absolute atomic E-state index is 0. The predicted molar refractivity (Wildman–Crippen MR) is 121 cm³/mol. The average molecular weight is 519 g/mol. The fourth-order valence-electron chi connectivity index (χ4n) is 2.91. The van der Waals surface area contributed by atoms with Gasteiger partial charge in [0.2, 0.25) is 0 Å². The molecule has 2 aromatic rings. The van der Waals surface area contributed by atoms with Crippen LogP contribution in [0.4, 0.5) is 0 Å². The Morgan fingerprint density at radius 2 is 2.07 bits per heavy atom. The highest BCUT2D eigenvalue weighted by atomic mass is 127. The third kappa shape index (κ3) is 6.09. The number of ether oxygens (including phenoxy) is 1. The summed E-state index contributed by atoms with van der Waals surface area (Å²) in [6.07, 6.45) is 2.50. The lowest BCUT2D eigenvalue weighted by molar-refractivity contribution is 0.414. The van der Waals surface area contributed by atoms with Crippen molar-refractivity contribution in [2.24, 2.45) is 4.99 Å². The maximum atomic E-state index is 11.6. The quantitative estimate of drug-likeness (QED) is 0.343. The minimum Gasteiger partial charge on any atom is -0.497 e. The molecular weight excluding hydrogens is 493 g/mol. The smallest absolute Gasteiger partial charge is 0.191 e. The molecule has 1 aromatic carbocycles. The summed E-state index contributed by atoms with van der Waals surface area (Å²) in [5.74, 6) is 1.80. The van der Waals surface area contributed by atoms with Crippen LogP contribution >= 0.6 is 24.0 Å². The fourth-order valence-corrected chi connectivity index (χ4v) is 4.58. The number of guanidine groups is 1. The molecule has 1 aromatic heterocycles. The van der Waals surface area contributed by atoms with Crippen LogP contribution < -0.4 is 15.4 Å². The molecule has 154 valence electrons. The Labute approximate surface area is 182 Å². The zero-order chi connectivity index (χ0) is 19.3. The highest BCUT2D eigenvalue weighted by Crippen LogP contribution is 2.15. The van der Waals surface area contributed by atoms with Crippen LogP contribution in [0.2, 0.25) is 0 Å². The molecular formula is C18H26IN5O3S. The number of nitrogens with zero attached hydrogens (tertiary/aromatic N) is 3. The third-order valence-corrected chi connectivity index (χ3v) is 6.07. The van der Waals surface area contributed by atoms with Crippen LogP contribution in [-0.2, 0) is 16.4 Å². The molecule has 1 aliphatic rings. The van der Waals surface area contributed by atoms with E-state index in [1.54, 1.807) is 11.8 Å². The molecule has 2 heterocycles. The van der Waals surface area contributed by atoms with E-state index in [1.165, 1.54) is 0 Å². The van der Waals surface area contributed by atoms with Crippen molar-refractivity contribution in [2.75, 3.05) is 25.2 Å². The highest BCUT2D eigenvalue weighted by Gasteiger charge is 2.28. The summed E-state index contributed by atoms with van der Waals surface area (Å²) < 4.78 is 30.2. The molecule has 28 heavy (non-hydrogen) atoms. The number of halogens is 1. The van der Waals surface area contributed by atoms with Crippen molar-refractivity contribution < 1.29 is 13.2 Å². The van der Waals surface area contributed by atoms with Crippen molar-refractivity contribution in [2.45, 2.75) is 25.9 Å². The van der Waals surface area contributed by atoms with Crippen LogP contribution in [-0.4, -0.2) is 55.4 Å². The molecule has 0 aliphatic carbocycles. The van der Waals surface area contributed by atoms with Gasteiger partial charge in [-0.2, -0.15) is 5.10 Å². The zero-order valence-electron chi connectivity index (χ0n) is 16.0. The van der Waals surface area contributed by atoms with Gasteiger partial charge >= 0.3 is 0 Å². The van der Waals surface area contributed by atoms with Crippen molar-refractivity contribution in [3.8, 4) is 11.4 Å². The molecule has 0 bridgehead atoms. The van der Waals surface area contributed by atoms with E-state index in [4.69, 9.17) is 4.74 Å². The van der Waals surface area contributed by atoms with Crippen molar-refractivity contribution in [3.05, 3.63) is 42.2 Å². The van der Waals surface area contributed by atoms with Gasteiger partial charge in [0.15, 0.2) is 15.8 Å². The van der Waals surface area contributed by atoms with Crippen LogP contribution in [0.25, 0.3) is 5.69 Å². The van der Waals surface area contributed by atoms with Crippen LogP contribution in [0.1, 0.15) is 19.0 Å². The fraction of sp³-hybridized carbons (Fsp3) is 0.444. The molecule has 0 amide bonds. The summed E-state index contributed by atoms with van der Waals surface area (Å²) in [7, 11) is -1.29. The van der Waals surface area contributed by atoms with Crippen molar-refractivity contribution in [3.63, 3.8) is 0 Å². The molecule has 1 fully saturated rings. The molecule has 1 aliphatic heterocycles. The van der Waals surface area contributed by atoms with Gasteiger partial charge in [0.05, 0.1) is 36.5 Å². The third-order valence-electron chi connectivity index (χ3n) is 4.30. The number of benzene rings is 1. The standard InChI is InChI=1S/C18H25N5O3S.HI/c1-3-19-18(21-15-9-11-27(24,25)13-15)20-12-14-8-10-23(22-14)16-4-6-17(26-2)7-5-16;/h4-8,10,15H,3,9,11-13H2,1-2H3,(H2,19,20,21);1H. The molecule has 0 saturated carbocycles. The number of nitrogens with one attached hydrogen (secondary N) is 2. The number of rotatable bonds is 6. The molecule has 0 radical (unpaired) electrons. The first-order valence-electron chi connectivity index (χ1n) is 8.93. The van der Waals surface area contributed by atoms with E-state index in [0.29, 0.717) is 25.5 Å². The van der Waals surface area contributed by atoms with Crippen molar-refractivity contribution >= 4 is 39.8 Å². The molecule has 1 saturated heterocycles. The number of sulfone groups is 1. The number of aromatic nitrogens is 2. The maximum Gasteiger partial charge on any atom is 0.191 e. The lowest BCUT2D eigenvalue weighted by Gasteiger charge is -2.15. The van der Waals surface area contributed by atoms with Gasteiger partial charge in [0, 0.05) is 18.8 Å². The monoisotopic (exact) mass is 519 g/mol. The van der Waals surface area contributed by atoms with Crippen LogP contribution in [0.15, 0.2) is 41.5 Å². The lowest BCUT2D eigenvalue weighted by atomic mass is 10.3. The van der Waals surface area contributed by atoms with Crippen molar-refractivity contribution in [1.82, 2.24) is 20.4 Å². The van der Waals surface area contributed by atoms with Gasteiger partial charge in [-0.3, -0.25) is 0 Å². The van der Waals surface area contributed by atoms with E-state index >= 15 is 0 Å². The SMILES string of the molecule is CCNC(=NCc1ccn(-c2ccc(OC)cc2)n1)NC1CCS(=O)(=O)C1.I. The highest BCUT2D eigenvalue weighted by molar-refractivity contribution is 14.0. The molecule has 0 spiro atoms. The summed E-state index contributed by atoms with van der Waals surface area (Å²) in [6.45, 7) is 3.07. The first-order chi connectivity index (χ1) is 13.0. The Balaban J connectivity index is 0.00000280. The summed E-state index contributed by atoms with van der Waals surface area (Å²) in [6, 6.07) is 9.47. The molecule has 8 nitrogen and oxygen atoms in total. The number of methoxy groups -OCH3 is 1. The Kier molecular flexibility index (Phi) is 8.10. The second-order valence-corrected chi connectivity index (χ2v) is 8.62. The molecule has 3 rings (SSSR count). The number of hydrogen-bond acceptors (Lipinski definition) is 5. The Hall–Kier alpha value is -1.82. The molecule has 2 N–H and O–H groups in total. The molecule has 10 heteroatoms. The van der Waals surface area contributed by atoms with E-state index in [9.17, 15) is 8.42 Å². The molecule has 1 atom stereocenters. The Bertz CT molecular complexity index is 896. The first-order valence-corrected chi connectivity index (χ1v) is 10.8. The second kappa shape index (κ2) is 10.1. The Morgan fingerprint density at radius 1 is 1.32 bits per heavy atom. The van der Waals surface area contributed by atoms with E-state index in [0.717, 1.165) is 17.1 Å². The van der Waals surface area contributed by atoms with Gasteiger partial charge in [-0.25, -0.2) is 18.1 Å². The number of hydrogen-bond donors (Lipinski definition) is 2. The van der Waals surface area contributed by atoms with E-state index in [2.05, 4.69) is 20.7 Å². The summed E-state index contributed by atoms with van der Waals surface area (Å²) in [4.78, 5) is 4.53. The largest absolute Gasteiger partial charge is 0.497 e. The lowest BCUT2D eigenvalue weighted by Crippen LogP contribution is -2.44. The van der Waals surface area contributed by atoms with E-state index in [1.807, 2.05) is 43.5 Å². The van der Waals surface area contributed by atoms with Gasteiger partial charge < -0.3 is 15.4 Å².